The van der Waals surface area contributed by atoms with E-state index in [1.165, 1.54) is 0 Å². The summed E-state index contributed by atoms with van der Waals surface area (Å²) in [7, 11) is 0. The van der Waals surface area contributed by atoms with Crippen LogP contribution >= 0.6 is 0 Å². The summed E-state index contributed by atoms with van der Waals surface area (Å²) < 4.78 is 5.46. The van der Waals surface area contributed by atoms with Crippen molar-refractivity contribution in [2.24, 2.45) is 5.92 Å². The van der Waals surface area contributed by atoms with E-state index >= 15 is 0 Å². The van der Waals surface area contributed by atoms with E-state index in [-0.39, 0.29) is 11.9 Å². The fourth-order valence-corrected chi connectivity index (χ4v) is 1.84. The molecule has 0 aromatic heterocycles. The highest BCUT2D eigenvalue weighted by Gasteiger charge is 2.23. The van der Waals surface area contributed by atoms with Gasteiger partial charge in [-0.25, -0.2) is 0 Å². The molecule has 1 amide bonds. The number of ether oxygens (including phenoxy) is 1. The minimum Gasteiger partial charge on any atom is -0.378 e. The number of nitrogens with one attached hydrogen (secondary N) is 2. The van der Waals surface area contributed by atoms with E-state index in [1.807, 2.05) is 6.92 Å². The number of carbonyl (C=O) groups is 1. The van der Waals surface area contributed by atoms with Gasteiger partial charge in [-0.1, -0.05) is 6.92 Å². The van der Waals surface area contributed by atoms with E-state index in [2.05, 4.69) is 24.5 Å². The Labute approximate surface area is 98.1 Å². The lowest BCUT2D eigenvalue weighted by Crippen LogP contribution is -2.40. The molecule has 0 saturated carbocycles. The van der Waals surface area contributed by atoms with Crippen LogP contribution in [0.3, 0.4) is 0 Å². The lowest BCUT2D eigenvalue weighted by Gasteiger charge is -2.15. The molecule has 1 fully saturated rings. The van der Waals surface area contributed by atoms with Crippen molar-refractivity contribution in [2.75, 3.05) is 19.7 Å². The molecule has 1 aliphatic heterocycles. The third kappa shape index (κ3) is 4.49. The highest BCUT2D eigenvalue weighted by molar-refractivity contribution is 5.78. The number of carbonyl (C=O) groups excluding carboxylic acids is 1. The standard InChI is InChI=1S/C12H24N2O2/c1-4-9(2)14-12(15)8-13-7-11-5-6-16-10(11)3/h9-11,13H,4-8H2,1-3H3,(H,14,15). The molecular formula is C12H24N2O2. The van der Waals surface area contributed by atoms with E-state index in [9.17, 15) is 4.79 Å². The van der Waals surface area contributed by atoms with Crippen molar-refractivity contribution in [3.05, 3.63) is 0 Å². The highest BCUT2D eigenvalue weighted by atomic mass is 16.5. The molecule has 0 aromatic rings. The van der Waals surface area contributed by atoms with Crippen LogP contribution in [0, 0.1) is 5.92 Å². The zero-order chi connectivity index (χ0) is 12.0. The molecule has 16 heavy (non-hydrogen) atoms. The van der Waals surface area contributed by atoms with Crippen molar-refractivity contribution in [1.82, 2.24) is 10.6 Å². The normalized spacial score (nSPS) is 26.7. The SMILES string of the molecule is CCC(C)NC(=O)CNCC1CCOC1C. The summed E-state index contributed by atoms with van der Waals surface area (Å²) in [5, 5.41) is 6.13. The van der Waals surface area contributed by atoms with Gasteiger partial charge in [-0.05, 0) is 32.6 Å². The van der Waals surface area contributed by atoms with Gasteiger partial charge in [0.25, 0.3) is 0 Å². The van der Waals surface area contributed by atoms with Crippen LogP contribution in [0.1, 0.15) is 33.6 Å². The number of hydrogen-bond acceptors (Lipinski definition) is 3. The van der Waals surface area contributed by atoms with E-state index in [0.717, 1.165) is 26.0 Å². The van der Waals surface area contributed by atoms with Gasteiger partial charge in [-0.15, -0.1) is 0 Å². The Balaban J connectivity index is 2.08. The van der Waals surface area contributed by atoms with E-state index < -0.39 is 0 Å². The zero-order valence-corrected chi connectivity index (χ0v) is 10.6. The van der Waals surface area contributed by atoms with Gasteiger partial charge in [0.05, 0.1) is 12.6 Å². The molecule has 0 radical (unpaired) electrons. The largest absolute Gasteiger partial charge is 0.378 e. The Morgan fingerprint density at radius 3 is 2.88 bits per heavy atom. The maximum atomic E-state index is 11.5. The van der Waals surface area contributed by atoms with Crippen molar-refractivity contribution in [2.45, 2.75) is 45.8 Å². The Bertz CT molecular complexity index is 221. The molecule has 3 atom stereocenters. The van der Waals surface area contributed by atoms with Crippen LogP contribution in [0.25, 0.3) is 0 Å². The maximum Gasteiger partial charge on any atom is 0.234 e. The van der Waals surface area contributed by atoms with Gasteiger partial charge in [0.15, 0.2) is 0 Å². The number of hydrogen-bond donors (Lipinski definition) is 2. The second-order valence-corrected chi connectivity index (χ2v) is 4.63. The van der Waals surface area contributed by atoms with Gasteiger partial charge < -0.3 is 15.4 Å². The first-order valence-electron chi connectivity index (χ1n) is 6.25. The smallest absolute Gasteiger partial charge is 0.234 e. The molecule has 2 N–H and O–H groups in total. The van der Waals surface area contributed by atoms with E-state index in [4.69, 9.17) is 4.74 Å². The molecule has 4 nitrogen and oxygen atoms in total. The van der Waals surface area contributed by atoms with Crippen molar-refractivity contribution in [3.63, 3.8) is 0 Å². The van der Waals surface area contributed by atoms with Gasteiger partial charge in [0, 0.05) is 19.2 Å². The summed E-state index contributed by atoms with van der Waals surface area (Å²) in [6.45, 7) is 8.31. The minimum absolute atomic E-state index is 0.0842. The van der Waals surface area contributed by atoms with Crippen molar-refractivity contribution in [3.8, 4) is 0 Å². The first-order valence-corrected chi connectivity index (χ1v) is 6.25. The lowest BCUT2D eigenvalue weighted by atomic mass is 10.0. The summed E-state index contributed by atoms with van der Waals surface area (Å²) in [5.41, 5.74) is 0. The third-order valence-electron chi connectivity index (χ3n) is 3.25. The highest BCUT2D eigenvalue weighted by Crippen LogP contribution is 2.18. The Morgan fingerprint density at radius 1 is 1.56 bits per heavy atom. The summed E-state index contributed by atoms with van der Waals surface area (Å²) in [4.78, 5) is 11.5. The Morgan fingerprint density at radius 2 is 2.31 bits per heavy atom. The van der Waals surface area contributed by atoms with Gasteiger partial charge >= 0.3 is 0 Å². The average Bonchev–Trinajstić information content (AvgIpc) is 2.64. The lowest BCUT2D eigenvalue weighted by molar-refractivity contribution is -0.120. The Hall–Kier alpha value is -0.610. The van der Waals surface area contributed by atoms with Crippen molar-refractivity contribution < 1.29 is 9.53 Å². The molecule has 3 unspecified atom stereocenters. The second-order valence-electron chi connectivity index (χ2n) is 4.63. The summed E-state index contributed by atoms with van der Waals surface area (Å²) in [6, 6.07) is 0.267. The predicted octanol–water partition coefficient (Wildman–Crippen LogP) is 0.916. The van der Waals surface area contributed by atoms with Crippen LogP contribution in [0.15, 0.2) is 0 Å². The second kappa shape index (κ2) is 6.86. The third-order valence-corrected chi connectivity index (χ3v) is 3.25. The van der Waals surface area contributed by atoms with Crippen LogP contribution < -0.4 is 10.6 Å². The zero-order valence-electron chi connectivity index (χ0n) is 10.6. The van der Waals surface area contributed by atoms with Gasteiger partial charge in [0.1, 0.15) is 0 Å². The summed E-state index contributed by atoms with van der Waals surface area (Å²) >= 11 is 0. The minimum atomic E-state index is 0.0842. The molecule has 94 valence electrons. The molecule has 0 bridgehead atoms. The molecular weight excluding hydrogens is 204 g/mol. The Kier molecular flexibility index (Phi) is 5.77. The quantitative estimate of drug-likeness (QED) is 0.710. The van der Waals surface area contributed by atoms with Gasteiger partial charge in [0.2, 0.25) is 5.91 Å². The average molecular weight is 228 g/mol. The molecule has 4 heteroatoms. The molecule has 1 saturated heterocycles. The first kappa shape index (κ1) is 13.5. The van der Waals surface area contributed by atoms with E-state index in [1.54, 1.807) is 0 Å². The van der Waals surface area contributed by atoms with Crippen LogP contribution in [0.5, 0.6) is 0 Å². The maximum absolute atomic E-state index is 11.5. The predicted molar refractivity (Wildman–Crippen MR) is 64.3 cm³/mol. The number of rotatable bonds is 6. The van der Waals surface area contributed by atoms with Crippen LogP contribution in [-0.4, -0.2) is 37.7 Å². The van der Waals surface area contributed by atoms with Crippen molar-refractivity contribution >= 4 is 5.91 Å². The first-order chi connectivity index (χ1) is 7.63. The molecule has 1 aliphatic rings. The van der Waals surface area contributed by atoms with Gasteiger partial charge in [-0.2, -0.15) is 0 Å². The van der Waals surface area contributed by atoms with Crippen LogP contribution in [-0.2, 0) is 9.53 Å². The van der Waals surface area contributed by atoms with E-state index in [0.29, 0.717) is 18.6 Å². The fraction of sp³-hybridized carbons (Fsp3) is 0.917. The molecule has 0 aliphatic carbocycles. The monoisotopic (exact) mass is 228 g/mol. The van der Waals surface area contributed by atoms with Gasteiger partial charge in [-0.3, -0.25) is 4.79 Å². The van der Waals surface area contributed by atoms with Crippen LogP contribution in [0.4, 0.5) is 0 Å². The molecule has 1 rings (SSSR count). The fourth-order valence-electron chi connectivity index (χ4n) is 1.84. The molecule has 0 spiro atoms. The van der Waals surface area contributed by atoms with Crippen LogP contribution in [0.2, 0.25) is 0 Å². The summed E-state index contributed by atoms with van der Waals surface area (Å²) in [5.74, 6) is 0.636. The number of amides is 1. The molecule has 1 heterocycles. The summed E-state index contributed by atoms with van der Waals surface area (Å²) in [6.07, 6.45) is 2.39. The molecule has 0 aromatic carbocycles. The van der Waals surface area contributed by atoms with Crippen molar-refractivity contribution in [1.29, 1.82) is 0 Å². The topological polar surface area (TPSA) is 50.4 Å².